The molecule has 0 atom stereocenters. The van der Waals surface area contributed by atoms with Crippen LogP contribution in [0.4, 0.5) is 5.69 Å². The van der Waals surface area contributed by atoms with Crippen molar-refractivity contribution in [2.75, 3.05) is 18.8 Å². The molecular weight excluding hydrogens is 296 g/mol. The maximum atomic E-state index is 5.99. The summed E-state index contributed by atoms with van der Waals surface area (Å²) in [4.78, 5) is 7.09. The van der Waals surface area contributed by atoms with Crippen LogP contribution in [0.25, 0.3) is 16.9 Å². The molecule has 122 valence electrons. The molecule has 0 aliphatic heterocycles. The van der Waals surface area contributed by atoms with E-state index in [2.05, 4.69) is 34.6 Å². The van der Waals surface area contributed by atoms with Crippen LogP contribution in [-0.2, 0) is 6.54 Å². The largest absolute Gasteiger partial charge is 0.398 e. The van der Waals surface area contributed by atoms with Crippen molar-refractivity contribution in [1.82, 2.24) is 14.3 Å². The molecule has 0 aliphatic rings. The van der Waals surface area contributed by atoms with Crippen molar-refractivity contribution in [3.8, 4) is 11.3 Å². The van der Waals surface area contributed by atoms with E-state index in [1.807, 2.05) is 48.7 Å². The highest BCUT2D eigenvalue weighted by Gasteiger charge is 2.16. The van der Waals surface area contributed by atoms with E-state index in [0.717, 1.165) is 47.9 Å². The zero-order chi connectivity index (χ0) is 16.9. The van der Waals surface area contributed by atoms with Crippen LogP contribution in [0.15, 0.2) is 74.0 Å². The number of nitrogens with two attached hydrogens (primary N) is 1. The van der Waals surface area contributed by atoms with Gasteiger partial charge in [0, 0.05) is 37.1 Å². The van der Waals surface area contributed by atoms with Crippen molar-refractivity contribution in [2.24, 2.45) is 0 Å². The molecular formula is C20H22N4. The molecule has 2 aromatic heterocycles. The lowest BCUT2D eigenvalue weighted by Crippen LogP contribution is -2.24. The maximum absolute atomic E-state index is 5.99. The fraction of sp³-hybridized carbons (Fsp3) is 0.150. The van der Waals surface area contributed by atoms with Crippen molar-refractivity contribution >= 4 is 11.3 Å². The van der Waals surface area contributed by atoms with E-state index in [1.54, 1.807) is 0 Å². The van der Waals surface area contributed by atoms with E-state index >= 15 is 0 Å². The molecule has 2 N–H and O–H groups in total. The molecule has 0 unspecified atom stereocenters. The molecule has 3 rings (SSSR count). The summed E-state index contributed by atoms with van der Waals surface area (Å²) in [7, 11) is 0. The number of nitrogen functional groups attached to an aromatic ring is 1. The number of pyridine rings is 1. The summed E-state index contributed by atoms with van der Waals surface area (Å²) in [6, 6.07) is 14.1. The van der Waals surface area contributed by atoms with Crippen LogP contribution < -0.4 is 5.73 Å². The van der Waals surface area contributed by atoms with Gasteiger partial charge in [0.1, 0.15) is 5.65 Å². The number of imidazole rings is 1. The molecule has 0 radical (unpaired) electrons. The average molecular weight is 318 g/mol. The Labute approximate surface area is 142 Å². The standard InChI is InChI=1S/C20H22N4/c1-3-12-23(13-4-2)15-18-20(16-8-6-5-7-9-16)22-19-11-10-17(21)14-24(18)19/h3-11,14H,1-2,12-13,15,21H2. The van der Waals surface area contributed by atoms with Gasteiger partial charge in [-0.05, 0) is 12.1 Å². The van der Waals surface area contributed by atoms with E-state index < -0.39 is 0 Å². The second kappa shape index (κ2) is 7.15. The summed E-state index contributed by atoms with van der Waals surface area (Å²) in [5.74, 6) is 0. The Morgan fingerprint density at radius 2 is 1.75 bits per heavy atom. The smallest absolute Gasteiger partial charge is 0.137 e. The van der Waals surface area contributed by atoms with Crippen LogP contribution in [0.1, 0.15) is 5.69 Å². The number of rotatable bonds is 7. The van der Waals surface area contributed by atoms with Crippen molar-refractivity contribution in [1.29, 1.82) is 0 Å². The summed E-state index contributed by atoms with van der Waals surface area (Å²) >= 11 is 0. The van der Waals surface area contributed by atoms with Crippen LogP contribution >= 0.6 is 0 Å². The Balaban J connectivity index is 2.13. The molecule has 24 heavy (non-hydrogen) atoms. The molecule has 0 amide bonds. The molecule has 3 aromatic rings. The van der Waals surface area contributed by atoms with Crippen LogP contribution in [-0.4, -0.2) is 27.4 Å². The number of anilines is 1. The number of hydrogen-bond donors (Lipinski definition) is 1. The van der Waals surface area contributed by atoms with Crippen molar-refractivity contribution in [2.45, 2.75) is 6.54 Å². The van der Waals surface area contributed by atoms with Gasteiger partial charge in [0.15, 0.2) is 0 Å². The second-order valence-electron chi connectivity index (χ2n) is 5.74. The Hall–Kier alpha value is -2.85. The molecule has 0 fully saturated rings. The zero-order valence-corrected chi connectivity index (χ0v) is 13.7. The molecule has 4 heteroatoms. The first-order valence-corrected chi connectivity index (χ1v) is 7.99. The lowest BCUT2D eigenvalue weighted by molar-refractivity contribution is 0.323. The maximum Gasteiger partial charge on any atom is 0.137 e. The Morgan fingerprint density at radius 1 is 1.04 bits per heavy atom. The minimum atomic E-state index is 0.722. The number of benzene rings is 1. The predicted octanol–water partition coefficient (Wildman–Crippen LogP) is 3.76. The molecule has 0 bridgehead atoms. The average Bonchev–Trinajstić information content (AvgIpc) is 2.94. The predicted molar refractivity (Wildman–Crippen MR) is 101 cm³/mol. The molecule has 0 saturated heterocycles. The quantitative estimate of drug-likeness (QED) is 0.675. The third-order valence-electron chi connectivity index (χ3n) is 3.94. The molecule has 0 saturated carbocycles. The molecule has 2 heterocycles. The van der Waals surface area contributed by atoms with E-state index in [-0.39, 0.29) is 0 Å². The fourth-order valence-corrected chi connectivity index (χ4v) is 2.87. The van der Waals surface area contributed by atoms with Gasteiger partial charge in [0.25, 0.3) is 0 Å². The van der Waals surface area contributed by atoms with Crippen molar-refractivity contribution < 1.29 is 0 Å². The Kier molecular flexibility index (Phi) is 4.77. The van der Waals surface area contributed by atoms with Crippen LogP contribution in [0.5, 0.6) is 0 Å². The van der Waals surface area contributed by atoms with Crippen LogP contribution in [0, 0.1) is 0 Å². The summed E-state index contributed by atoms with van der Waals surface area (Å²) in [5, 5.41) is 0. The van der Waals surface area contributed by atoms with Gasteiger partial charge in [0.05, 0.1) is 11.4 Å². The SMILES string of the molecule is C=CCN(CC=C)Cc1c(-c2ccccc2)nc2ccc(N)cn12. The van der Waals surface area contributed by atoms with E-state index in [9.17, 15) is 0 Å². The van der Waals surface area contributed by atoms with Gasteiger partial charge in [-0.1, -0.05) is 42.5 Å². The van der Waals surface area contributed by atoms with Crippen LogP contribution in [0.2, 0.25) is 0 Å². The molecule has 0 aliphatic carbocycles. The molecule has 1 aromatic carbocycles. The van der Waals surface area contributed by atoms with Gasteiger partial charge in [-0.25, -0.2) is 4.98 Å². The summed E-state index contributed by atoms with van der Waals surface area (Å²) in [6.07, 6.45) is 5.75. The summed E-state index contributed by atoms with van der Waals surface area (Å²) in [6.45, 7) is 10.0. The number of aromatic nitrogens is 2. The summed E-state index contributed by atoms with van der Waals surface area (Å²) in [5.41, 5.74) is 10.8. The highest BCUT2D eigenvalue weighted by atomic mass is 15.1. The van der Waals surface area contributed by atoms with E-state index in [0.29, 0.717) is 0 Å². The Morgan fingerprint density at radius 3 is 2.42 bits per heavy atom. The molecule has 0 spiro atoms. The summed E-state index contributed by atoms with van der Waals surface area (Å²) < 4.78 is 2.08. The lowest BCUT2D eigenvalue weighted by Gasteiger charge is -2.19. The minimum Gasteiger partial charge on any atom is -0.398 e. The van der Waals surface area contributed by atoms with Gasteiger partial charge < -0.3 is 10.1 Å². The lowest BCUT2D eigenvalue weighted by atomic mass is 10.1. The monoisotopic (exact) mass is 318 g/mol. The number of nitrogens with zero attached hydrogens (tertiary/aromatic N) is 3. The van der Waals surface area contributed by atoms with Gasteiger partial charge in [0.2, 0.25) is 0 Å². The fourth-order valence-electron chi connectivity index (χ4n) is 2.87. The van der Waals surface area contributed by atoms with Gasteiger partial charge >= 0.3 is 0 Å². The first kappa shape index (κ1) is 16.0. The first-order chi connectivity index (χ1) is 11.7. The third kappa shape index (κ3) is 3.24. The third-order valence-corrected chi connectivity index (χ3v) is 3.94. The topological polar surface area (TPSA) is 46.6 Å². The zero-order valence-electron chi connectivity index (χ0n) is 13.7. The van der Waals surface area contributed by atoms with Crippen LogP contribution in [0.3, 0.4) is 0 Å². The number of fused-ring (bicyclic) bond motifs is 1. The Bertz CT molecular complexity index is 839. The first-order valence-electron chi connectivity index (χ1n) is 7.99. The van der Waals surface area contributed by atoms with E-state index in [1.165, 1.54) is 0 Å². The molecule has 4 nitrogen and oxygen atoms in total. The van der Waals surface area contributed by atoms with Gasteiger partial charge in [-0.15, -0.1) is 13.2 Å². The number of hydrogen-bond acceptors (Lipinski definition) is 3. The van der Waals surface area contributed by atoms with Gasteiger partial charge in [-0.3, -0.25) is 4.90 Å². The second-order valence-corrected chi connectivity index (χ2v) is 5.74. The van der Waals surface area contributed by atoms with E-state index in [4.69, 9.17) is 10.7 Å². The minimum absolute atomic E-state index is 0.722. The normalized spacial score (nSPS) is 11.0. The van der Waals surface area contributed by atoms with Crippen molar-refractivity contribution in [3.63, 3.8) is 0 Å². The van der Waals surface area contributed by atoms with Gasteiger partial charge in [-0.2, -0.15) is 0 Å². The van der Waals surface area contributed by atoms with Crippen molar-refractivity contribution in [3.05, 3.63) is 79.7 Å². The highest BCUT2D eigenvalue weighted by Crippen LogP contribution is 2.26. The highest BCUT2D eigenvalue weighted by molar-refractivity contribution is 5.67.